The Kier molecular flexibility index (Phi) is 3.93. The Balaban J connectivity index is 0.000000514. The lowest BCUT2D eigenvalue weighted by Gasteiger charge is -2.26. The summed E-state index contributed by atoms with van der Waals surface area (Å²) in [5.41, 5.74) is 4.55. The molecule has 1 saturated heterocycles. The number of nitrogens with one attached hydrogen (secondary N) is 1. The second-order valence-corrected chi connectivity index (χ2v) is 5.37. The van der Waals surface area contributed by atoms with Gasteiger partial charge in [-0.15, -0.1) is 0 Å². The average Bonchev–Trinajstić information content (AvgIpc) is 2.64. The Morgan fingerprint density at radius 3 is 2.47 bits per heavy atom. The number of hydrogen-bond acceptors (Lipinski definition) is 1. The summed E-state index contributed by atoms with van der Waals surface area (Å²) in [7, 11) is 0. The summed E-state index contributed by atoms with van der Waals surface area (Å²) in [4.78, 5) is 6.27. The molecular formula is C15H26N2. The summed E-state index contributed by atoms with van der Waals surface area (Å²) < 4.78 is 0. The van der Waals surface area contributed by atoms with E-state index in [4.69, 9.17) is 0 Å². The zero-order valence-corrected chi connectivity index (χ0v) is 11.7. The second-order valence-electron chi connectivity index (χ2n) is 5.37. The molecule has 3 aliphatic rings. The van der Waals surface area contributed by atoms with Crippen molar-refractivity contribution in [3.05, 3.63) is 23.0 Å². The Morgan fingerprint density at radius 1 is 1.24 bits per heavy atom. The van der Waals surface area contributed by atoms with Crippen LogP contribution in [0.2, 0.25) is 0 Å². The molecule has 1 N–H and O–H groups in total. The van der Waals surface area contributed by atoms with Gasteiger partial charge in [-0.1, -0.05) is 27.7 Å². The van der Waals surface area contributed by atoms with E-state index >= 15 is 0 Å². The van der Waals surface area contributed by atoms with Crippen LogP contribution < -0.4 is 0 Å². The summed E-state index contributed by atoms with van der Waals surface area (Å²) in [6.07, 6.45) is 2.70. The quantitative estimate of drug-likeness (QED) is 0.782. The van der Waals surface area contributed by atoms with Gasteiger partial charge in [0.05, 0.1) is 0 Å². The van der Waals surface area contributed by atoms with Crippen LogP contribution in [0.3, 0.4) is 0 Å². The third kappa shape index (κ3) is 2.42. The summed E-state index contributed by atoms with van der Waals surface area (Å²) in [6.45, 7) is 12.3. The molecule has 2 nitrogen and oxygen atoms in total. The molecule has 0 aromatic carbocycles. The minimum Gasteiger partial charge on any atom is -0.362 e. The van der Waals surface area contributed by atoms with Crippen molar-refractivity contribution in [3.8, 4) is 0 Å². The van der Waals surface area contributed by atoms with Crippen LogP contribution in [0.25, 0.3) is 0 Å². The van der Waals surface area contributed by atoms with Crippen molar-refractivity contribution in [1.82, 2.24) is 9.88 Å². The molecule has 0 unspecified atom stereocenters. The van der Waals surface area contributed by atoms with Gasteiger partial charge in [0, 0.05) is 23.9 Å². The Morgan fingerprint density at radius 2 is 1.88 bits per heavy atom. The van der Waals surface area contributed by atoms with Crippen molar-refractivity contribution >= 4 is 0 Å². The maximum absolute atomic E-state index is 3.67. The van der Waals surface area contributed by atoms with Crippen molar-refractivity contribution in [3.63, 3.8) is 0 Å². The number of nitrogens with zero attached hydrogens (tertiary/aromatic N) is 1. The molecule has 1 aromatic rings. The molecule has 0 saturated carbocycles. The topological polar surface area (TPSA) is 19.0 Å². The monoisotopic (exact) mass is 234 g/mol. The molecule has 2 heteroatoms. The van der Waals surface area contributed by atoms with Gasteiger partial charge in [0.15, 0.2) is 0 Å². The highest BCUT2D eigenvalue weighted by Crippen LogP contribution is 2.36. The Hall–Kier alpha value is -0.760. The number of piperidine rings is 1. The maximum Gasteiger partial charge on any atom is 0.0251 e. The highest BCUT2D eigenvalue weighted by Gasteiger charge is 2.29. The number of aromatic nitrogens is 1. The zero-order chi connectivity index (χ0) is 12.4. The highest BCUT2D eigenvalue weighted by molar-refractivity contribution is 5.32. The van der Waals surface area contributed by atoms with Crippen LogP contribution in [0, 0.1) is 0 Å². The van der Waals surface area contributed by atoms with E-state index < -0.39 is 0 Å². The van der Waals surface area contributed by atoms with Gasteiger partial charge < -0.3 is 4.98 Å². The normalized spacial score (nSPS) is 26.2. The van der Waals surface area contributed by atoms with Gasteiger partial charge in [0.2, 0.25) is 0 Å². The van der Waals surface area contributed by atoms with E-state index in [1.165, 1.54) is 38.2 Å². The highest BCUT2D eigenvalue weighted by atomic mass is 15.1. The van der Waals surface area contributed by atoms with Gasteiger partial charge in [-0.25, -0.2) is 0 Å². The number of aromatic amines is 1. The largest absolute Gasteiger partial charge is 0.362 e. The maximum atomic E-state index is 3.67. The van der Waals surface area contributed by atoms with Crippen LogP contribution >= 0.6 is 0 Å². The predicted molar refractivity (Wildman–Crippen MR) is 73.5 cm³/mol. The van der Waals surface area contributed by atoms with Crippen molar-refractivity contribution in [2.75, 3.05) is 13.1 Å². The summed E-state index contributed by atoms with van der Waals surface area (Å²) >= 11 is 0. The van der Waals surface area contributed by atoms with Crippen LogP contribution in [0.1, 0.15) is 69.3 Å². The van der Waals surface area contributed by atoms with E-state index in [1.807, 2.05) is 13.8 Å². The first-order valence-electron chi connectivity index (χ1n) is 7.18. The van der Waals surface area contributed by atoms with E-state index in [0.29, 0.717) is 5.92 Å². The van der Waals surface area contributed by atoms with Crippen molar-refractivity contribution in [1.29, 1.82) is 0 Å². The van der Waals surface area contributed by atoms with Gasteiger partial charge in [0.25, 0.3) is 0 Å². The predicted octanol–water partition coefficient (Wildman–Crippen LogP) is 3.86. The van der Waals surface area contributed by atoms with Crippen molar-refractivity contribution in [2.24, 2.45) is 0 Å². The molecule has 3 aliphatic heterocycles. The number of hydrogen-bond donors (Lipinski definition) is 1. The number of fused-ring (bicyclic) bond motifs is 2. The molecule has 0 aliphatic carbocycles. The lowest BCUT2D eigenvalue weighted by molar-refractivity contribution is 0.219. The van der Waals surface area contributed by atoms with Crippen LogP contribution in [0.5, 0.6) is 0 Å². The number of rotatable bonds is 1. The average molecular weight is 234 g/mol. The number of H-pyrrole nitrogens is 1. The van der Waals surface area contributed by atoms with Crippen LogP contribution in [-0.2, 0) is 6.54 Å². The third-order valence-corrected chi connectivity index (χ3v) is 3.97. The van der Waals surface area contributed by atoms with Crippen molar-refractivity contribution < 1.29 is 0 Å². The zero-order valence-electron chi connectivity index (χ0n) is 11.7. The molecule has 0 radical (unpaired) electrons. The lowest BCUT2D eigenvalue weighted by atomic mass is 9.95. The van der Waals surface area contributed by atoms with Gasteiger partial charge >= 0.3 is 0 Å². The van der Waals surface area contributed by atoms with Crippen LogP contribution in [-0.4, -0.2) is 23.0 Å². The molecule has 17 heavy (non-hydrogen) atoms. The molecule has 0 spiro atoms. The molecule has 4 heterocycles. The second kappa shape index (κ2) is 5.26. The fourth-order valence-electron chi connectivity index (χ4n) is 2.96. The molecule has 4 rings (SSSR count). The summed E-state index contributed by atoms with van der Waals surface area (Å²) in [5.74, 6) is 1.44. The van der Waals surface area contributed by atoms with Gasteiger partial charge in [-0.2, -0.15) is 0 Å². The van der Waals surface area contributed by atoms with Crippen molar-refractivity contribution in [2.45, 2.75) is 58.9 Å². The first-order valence-corrected chi connectivity index (χ1v) is 7.18. The fraction of sp³-hybridized carbons (Fsp3) is 0.733. The standard InChI is InChI=1S/C13H20N2.C2H6/c1-9(2)12-7-11-8-15-5-3-10(4-6-15)13(11)14-12;1-2/h7,9-10,14H,3-6,8H2,1-2H3;1-2H3. The van der Waals surface area contributed by atoms with E-state index in [2.05, 4.69) is 29.8 Å². The molecule has 0 amide bonds. The molecule has 2 bridgehead atoms. The van der Waals surface area contributed by atoms with Gasteiger partial charge in [0.1, 0.15) is 0 Å². The van der Waals surface area contributed by atoms with E-state index in [-0.39, 0.29) is 0 Å². The minimum atomic E-state index is 0.630. The molecular weight excluding hydrogens is 208 g/mol. The SMILES string of the molecule is CC.CC(C)c1cc2c([nH]1)C1CCN(CC1)C2. The summed E-state index contributed by atoms with van der Waals surface area (Å²) in [6, 6.07) is 2.40. The van der Waals surface area contributed by atoms with Gasteiger partial charge in [-0.3, -0.25) is 4.90 Å². The Labute approximate surface area is 105 Å². The first-order chi connectivity index (χ1) is 8.24. The summed E-state index contributed by atoms with van der Waals surface area (Å²) in [5, 5.41) is 0. The third-order valence-electron chi connectivity index (χ3n) is 3.97. The first kappa shape index (κ1) is 12.7. The van der Waals surface area contributed by atoms with E-state index in [9.17, 15) is 0 Å². The van der Waals surface area contributed by atoms with Crippen LogP contribution in [0.4, 0.5) is 0 Å². The molecule has 1 aromatic heterocycles. The molecule has 1 fully saturated rings. The molecule has 0 atom stereocenters. The Bertz CT molecular complexity index is 357. The smallest absolute Gasteiger partial charge is 0.0251 e. The van der Waals surface area contributed by atoms with E-state index in [0.717, 1.165) is 5.92 Å². The van der Waals surface area contributed by atoms with E-state index in [1.54, 1.807) is 11.3 Å². The lowest BCUT2D eigenvalue weighted by Crippen LogP contribution is -2.29. The van der Waals surface area contributed by atoms with Gasteiger partial charge in [-0.05, 0) is 43.5 Å². The fourth-order valence-corrected chi connectivity index (χ4v) is 2.96. The van der Waals surface area contributed by atoms with Crippen LogP contribution in [0.15, 0.2) is 6.07 Å². The molecule has 96 valence electrons. The minimum absolute atomic E-state index is 0.630.